The van der Waals surface area contributed by atoms with Gasteiger partial charge in [-0.05, 0) is 24.1 Å². The molecule has 0 radical (unpaired) electrons. The Hall–Kier alpha value is -2.30. The first-order valence-corrected chi connectivity index (χ1v) is 6.18. The van der Waals surface area contributed by atoms with Crippen LogP contribution in [0.1, 0.15) is 28.5 Å². The van der Waals surface area contributed by atoms with Crippen molar-refractivity contribution < 1.29 is 9.90 Å². The summed E-state index contributed by atoms with van der Waals surface area (Å²) in [4.78, 5) is 10.9. The smallest absolute Gasteiger partial charge is 0.335 e. The highest BCUT2D eigenvalue weighted by Gasteiger charge is 2.06. The van der Waals surface area contributed by atoms with E-state index >= 15 is 0 Å². The number of anilines is 1. The summed E-state index contributed by atoms with van der Waals surface area (Å²) in [5.41, 5.74) is 3.25. The maximum Gasteiger partial charge on any atom is 0.335 e. The Kier molecular flexibility index (Phi) is 3.85. The predicted octanol–water partition coefficient (Wildman–Crippen LogP) is 2.29. The molecule has 0 saturated heterocycles. The quantitative estimate of drug-likeness (QED) is 0.864. The molecule has 1 aromatic heterocycles. The molecular formula is C14H17N3O2. The second-order valence-electron chi connectivity index (χ2n) is 4.38. The number of rotatable bonds is 5. The van der Waals surface area contributed by atoms with Crippen LogP contribution in [0.4, 0.5) is 5.69 Å². The summed E-state index contributed by atoms with van der Waals surface area (Å²) in [6, 6.07) is 6.93. The van der Waals surface area contributed by atoms with Crippen LogP contribution in [0.5, 0.6) is 0 Å². The van der Waals surface area contributed by atoms with Gasteiger partial charge in [-0.15, -0.1) is 0 Å². The predicted molar refractivity (Wildman–Crippen MR) is 73.3 cm³/mol. The first-order valence-electron chi connectivity index (χ1n) is 6.18. The second kappa shape index (κ2) is 5.56. The molecule has 0 unspecified atom stereocenters. The maximum atomic E-state index is 10.9. The van der Waals surface area contributed by atoms with Gasteiger partial charge in [-0.1, -0.05) is 19.1 Å². The van der Waals surface area contributed by atoms with Crippen LogP contribution in [0.15, 0.2) is 30.5 Å². The summed E-state index contributed by atoms with van der Waals surface area (Å²) in [5.74, 6) is -0.905. The first-order chi connectivity index (χ1) is 9.10. The molecule has 100 valence electrons. The summed E-state index contributed by atoms with van der Waals surface area (Å²) in [5, 5.41) is 16.6. The van der Waals surface area contributed by atoms with Crippen molar-refractivity contribution in [2.45, 2.75) is 19.9 Å². The number of aromatic carboxylic acids is 1. The van der Waals surface area contributed by atoms with Crippen LogP contribution in [0.3, 0.4) is 0 Å². The molecule has 0 amide bonds. The van der Waals surface area contributed by atoms with Crippen molar-refractivity contribution in [3.05, 3.63) is 47.3 Å². The molecule has 5 nitrogen and oxygen atoms in total. The van der Waals surface area contributed by atoms with E-state index in [4.69, 9.17) is 5.11 Å². The molecule has 0 aliphatic carbocycles. The molecule has 19 heavy (non-hydrogen) atoms. The Morgan fingerprint density at radius 1 is 1.47 bits per heavy atom. The monoisotopic (exact) mass is 259 g/mol. The molecule has 0 saturated carbocycles. The van der Waals surface area contributed by atoms with E-state index in [0.717, 1.165) is 23.4 Å². The zero-order chi connectivity index (χ0) is 13.8. The summed E-state index contributed by atoms with van der Waals surface area (Å²) in [6.07, 6.45) is 2.79. The number of hydrogen-bond donors (Lipinski definition) is 2. The van der Waals surface area contributed by atoms with Crippen molar-refractivity contribution in [3.8, 4) is 0 Å². The molecule has 2 aromatic rings. The molecule has 0 aliphatic rings. The molecule has 5 heteroatoms. The Balaban J connectivity index is 2.09. The standard InChI is InChI=1S/C14H17N3O2/c1-3-12-13(9-17(2)16-12)15-8-10-5-4-6-11(7-10)14(18)19/h4-7,9,15H,3,8H2,1-2H3,(H,18,19). The first kappa shape index (κ1) is 13.1. The van der Waals surface area contributed by atoms with Gasteiger partial charge < -0.3 is 10.4 Å². The fourth-order valence-corrected chi connectivity index (χ4v) is 1.95. The number of nitrogens with one attached hydrogen (secondary N) is 1. The van der Waals surface area contributed by atoms with E-state index in [1.54, 1.807) is 22.9 Å². The van der Waals surface area contributed by atoms with Gasteiger partial charge in [0.05, 0.1) is 16.9 Å². The Labute approximate surface area is 111 Å². The van der Waals surface area contributed by atoms with Gasteiger partial charge in [-0.2, -0.15) is 5.10 Å². The molecule has 1 aromatic carbocycles. The third kappa shape index (κ3) is 3.13. The number of aromatic nitrogens is 2. The summed E-state index contributed by atoms with van der Waals surface area (Å²) >= 11 is 0. The maximum absolute atomic E-state index is 10.9. The van der Waals surface area contributed by atoms with E-state index < -0.39 is 5.97 Å². The minimum atomic E-state index is -0.905. The molecule has 0 bridgehead atoms. The van der Waals surface area contributed by atoms with Gasteiger partial charge in [-0.25, -0.2) is 4.79 Å². The largest absolute Gasteiger partial charge is 0.478 e. The van der Waals surface area contributed by atoms with E-state index in [9.17, 15) is 4.79 Å². The number of carboxylic acids is 1. The Morgan fingerprint density at radius 3 is 2.95 bits per heavy atom. The topological polar surface area (TPSA) is 67.2 Å². The lowest BCUT2D eigenvalue weighted by Crippen LogP contribution is -2.03. The fourth-order valence-electron chi connectivity index (χ4n) is 1.95. The van der Waals surface area contributed by atoms with E-state index in [0.29, 0.717) is 12.1 Å². The van der Waals surface area contributed by atoms with Crippen molar-refractivity contribution in [2.24, 2.45) is 7.05 Å². The van der Waals surface area contributed by atoms with Gasteiger partial charge in [0.2, 0.25) is 0 Å². The number of nitrogens with zero attached hydrogens (tertiary/aromatic N) is 2. The number of benzene rings is 1. The van der Waals surface area contributed by atoms with Gasteiger partial charge in [0.15, 0.2) is 0 Å². The number of carboxylic acid groups (broad SMARTS) is 1. The van der Waals surface area contributed by atoms with Crippen LogP contribution in [-0.2, 0) is 20.0 Å². The van der Waals surface area contributed by atoms with Crippen LogP contribution in [0, 0.1) is 0 Å². The summed E-state index contributed by atoms with van der Waals surface area (Å²) < 4.78 is 1.77. The molecule has 2 N–H and O–H groups in total. The third-order valence-electron chi connectivity index (χ3n) is 2.90. The molecule has 0 aliphatic heterocycles. The van der Waals surface area contributed by atoms with Crippen LogP contribution in [0.2, 0.25) is 0 Å². The highest BCUT2D eigenvalue weighted by atomic mass is 16.4. The minimum absolute atomic E-state index is 0.307. The van der Waals surface area contributed by atoms with Crippen LogP contribution < -0.4 is 5.32 Å². The number of carbonyl (C=O) groups is 1. The molecule has 1 heterocycles. The van der Waals surface area contributed by atoms with Gasteiger partial charge in [0.1, 0.15) is 0 Å². The van der Waals surface area contributed by atoms with Crippen LogP contribution in [0.25, 0.3) is 0 Å². The third-order valence-corrected chi connectivity index (χ3v) is 2.90. The highest BCUT2D eigenvalue weighted by molar-refractivity contribution is 5.87. The number of hydrogen-bond acceptors (Lipinski definition) is 3. The van der Waals surface area contributed by atoms with E-state index in [2.05, 4.69) is 17.3 Å². The summed E-state index contributed by atoms with van der Waals surface area (Å²) in [6.45, 7) is 2.64. The zero-order valence-corrected chi connectivity index (χ0v) is 11.1. The molecule has 0 fully saturated rings. The van der Waals surface area contributed by atoms with Crippen molar-refractivity contribution >= 4 is 11.7 Å². The average Bonchev–Trinajstić information content (AvgIpc) is 2.77. The van der Waals surface area contributed by atoms with E-state index in [1.165, 1.54) is 0 Å². The summed E-state index contributed by atoms with van der Waals surface area (Å²) in [7, 11) is 1.88. The second-order valence-corrected chi connectivity index (χ2v) is 4.38. The van der Waals surface area contributed by atoms with Crippen molar-refractivity contribution in [1.29, 1.82) is 0 Å². The molecule has 0 atom stereocenters. The SMILES string of the molecule is CCc1nn(C)cc1NCc1cccc(C(=O)O)c1. The lowest BCUT2D eigenvalue weighted by molar-refractivity contribution is 0.0697. The lowest BCUT2D eigenvalue weighted by Gasteiger charge is -2.06. The van der Waals surface area contributed by atoms with Gasteiger partial charge in [0.25, 0.3) is 0 Å². The van der Waals surface area contributed by atoms with Gasteiger partial charge in [0, 0.05) is 19.8 Å². The molecular weight excluding hydrogens is 242 g/mol. The van der Waals surface area contributed by atoms with E-state index in [1.807, 2.05) is 19.3 Å². The van der Waals surface area contributed by atoms with Crippen molar-refractivity contribution in [1.82, 2.24) is 9.78 Å². The molecule has 2 rings (SSSR count). The van der Waals surface area contributed by atoms with E-state index in [-0.39, 0.29) is 0 Å². The molecule has 0 spiro atoms. The Morgan fingerprint density at radius 2 is 2.26 bits per heavy atom. The minimum Gasteiger partial charge on any atom is -0.478 e. The van der Waals surface area contributed by atoms with Crippen molar-refractivity contribution in [3.63, 3.8) is 0 Å². The van der Waals surface area contributed by atoms with Crippen molar-refractivity contribution in [2.75, 3.05) is 5.32 Å². The average molecular weight is 259 g/mol. The lowest BCUT2D eigenvalue weighted by atomic mass is 10.1. The normalized spacial score (nSPS) is 10.4. The van der Waals surface area contributed by atoms with Crippen LogP contribution in [-0.4, -0.2) is 20.9 Å². The van der Waals surface area contributed by atoms with Gasteiger partial charge in [-0.3, -0.25) is 4.68 Å². The fraction of sp³-hybridized carbons (Fsp3) is 0.286. The van der Waals surface area contributed by atoms with Gasteiger partial charge >= 0.3 is 5.97 Å². The highest BCUT2D eigenvalue weighted by Crippen LogP contribution is 2.15. The van der Waals surface area contributed by atoms with Crippen LogP contribution >= 0.6 is 0 Å². The Bertz CT molecular complexity index is 590. The zero-order valence-electron chi connectivity index (χ0n) is 11.1. The number of aryl methyl sites for hydroxylation is 2.